The molecule has 5 nitrogen and oxygen atoms in total. The fraction of sp³-hybridized carbons (Fsp3) is 0.316. The van der Waals surface area contributed by atoms with Crippen molar-refractivity contribution in [2.24, 2.45) is 5.92 Å². The molecule has 0 radical (unpaired) electrons. The van der Waals surface area contributed by atoms with E-state index >= 15 is 0 Å². The molecule has 0 bridgehead atoms. The van der Waals surface area contributed by atoms with E-state index in [0.29, 0.717) is 23.8 Å². The Morgan fingerprint density at radius 2 is 2.00 bits per heavy atom. The van der Waals surface area contributed by atoms with Crippen LogP contribution in [0.3, 0.4) is 0 Å². The van der Waals surface area contributed by atoms with Crippen molar-refractivity contribution in [1.29, 1.82) is 0 Å². The van der Waals surface area contributed by atoms with Crippen molar-refractivity contribution in [3.05, 3.63) is 39.4 Å². The topological polar surface area (TPSA) is 66.3 Å². The van der Waals surface area contributed by atoms with Gasteiger partial charge in [-0.3, -0.25) is 4.79 Å². The van der Waals surface area contributed by atoms with Gasteiger partial charge in [0.1, 0.15) is 10.6 Å². The number of carboxylic acid groups (broad SMARTS) is 1. The Balaban J connectivity index is 1.90. The van der Waals surface area contributed by atoms with Gasteiger partial charge < -0.3 is 10.0 Å². The summed E-state index contributed by atoms with van der Waals surface area (Å²) in [5.74, 6) is -0.456. The van der Waals surface area contributed by atoms with Crippen LogP contribution in [0.25, 0.3) is 21.3 Å². The molecule has 4 rings (SSSR count). The SMILES string of the molecule is Cc1sc2nc(Cl)nc(N3CCCC(C(=O)O)C3)c2c1-c1ccc(Cl)cc1. The molecule has 1 aliphatic rings. The van der Waals surface area contributed by atoms with Crippen molar-refractivity contribution in [3.8, 4) is 11.1 Å². The number of aryl methyl sites for hydroxylation is 1. The zero-order chi connectivity index (χ0) is 19.1. The van der Waals surface area contributed by atoms with Gasteiger partial charge in [0.15, 0.2) is 0 Å². The number of carboxylic acids is 1. The number of nitrogens with zero attached hydrogens (tertiary/aromatic N) is 3. The fourth-order valence-corrected chi connectivity index (χ4v) is 5.01. The molecule has 1 saturated heterocycles. The number of aliphatic carboxylic acids is 1. The first-order valence-corrected chi connectivity index (χ1v) is 10.2. The predicted octanol–water partition coefficient (Wildman–Crippen LogP) is 5.27. The van der Waals surface area contributed by atoms with E-state index in [1.807, 2.05) is 36.1 Å². The number of carbonyl (C=O) groups is 1. The molecular formula is C19H17Cl2N3O2S. The van der Waals surface area contributed by atoms with E-state index in [-0.39, 0.29) is 5.28 Å². The minimum atomic E-state index is -0.768. The number of hydrogen-bond donors (Lipinski definition) is 1. The summed E-state index contributed by atoms with van der Waals surface area (Å²) in [6, 6.07) is 7.67. The molecule has 27 heavy (non-hydrogen) atoms. The quantitative estimate of drug-likeness (QED) is 0.582. The Labute approximate surface area is 170 Å². The van der Waals surface area contributed by atoms with Gasteiger partial charge >= 0.3 is 5.97 Å². The van der Waals surface area contributed by atoms with Crippen LogP contribution in [-0.2, 0) is 4.79 Å². The lowest BCUT2D eigenvalue weighted by molar-refractivity contribution is -0.141. The smallest absolute Gasteiger partial charge is 0.308 e. The Bertz CT molecular complexity index is 1020. The molecule has 1 atom stereocenters. The van der Waals surface area contributed by atoms with Crippen molar-refractivity contribution >= 4 is 56.5 Å². The number of thiophene rings is 1. The molecular weight excluding hydrogens is 405 g/mol. The van der Waals surface area contributed by atoms with Crippen molar-refractivity contribution in [1.82, 2.24) is 9.97 Å². The standard InChI is InChI=1S/C19H17Cl2N3O2S/c1-10-14(11-4-6-13(20)7-5-11)15-16(22-19(21)23-17(15)27-10)24-8-2-3-12(9-24)18(25)26/h4-7,12H,2-3,8-9H2,1H3,(H,25,26). The molecule has 1 fully saturated rings. The first-order chi connectivity index (χ1) is 12.9. The first-order valence-electron chi connectivity index (χ1n) is 8.64. The van der Waals surface area contributed by atoms with Crippen LogP contribution < -0.4 is 4.90 Å². The van der Waals surface area contributed by atoms with E-state index in [4.69, 9.17) is 23.2 Å². The van der Waals surface area contributed by atoms with Crippen LogP contribution in [0.15, 0.2) is 24.3 Å². The van der Waals surface area contributed by atoms with E-state index in [2.05, 4.69) is 9.97 Å². The van der Waals surface area contributed by atoms with Crippen molar-refractivity contribution in [2.45, 2.75) is 19.8 Å². The normalized spacial score (nSPS) is 17.4. The van der Waals surface area contributed by atoms with E-state index in [1.165, 1.54) is 0 Å². The number of hydrogen-bond acceptors (Lipinski definition) is 5. The zero-order valence-electron chi connectivity index (χ0n) is 14.6. The van der Waals surface area contributed by atoms with Gasteiger partial charge in [0.25, 0.3) is 0 Å². The second kappa shape index (κ2) is 7.26. The second-order valence-electron chi connectivity index (χ2n) is 6.66. The number of anilines is 1. The molecule has 1 aliphatic heterocycles. The third kappa shape index (κ3) is 3.49. The molecule has 140 valence electrons. The van der Waals surface area contributed by atoms with E-state index < -0.39 is 11.9 Å². The molecule has 3 aromatic rings. The molecule has 3 heterocycles. The fourth-order valence-electron chi connectivity index (χ4n) is 3.63. The Kier molecular flexibility index (Phi) is 4.97. The predicted molar refractivity (Wildman–Crippen MR) is 110 cm³/mol. The third-order valence-electron chi connectivity index (χ3n) is 4.88. The van der Waals surface area contributed by atoms with E-state index in [0.717, 1.165) is 39.2 Å². The maximum absolute atomic E-state index is 11.5. The van der Waals surface area contributed by atoms with E-state index in [1.54, 1.807) is 11.3 Å². The van der Waals surface area contributed by atoms with E-state index in [9.17, 15) is 9.90 Å². The minimum Gasteiger partial charge on any atom is -0.481 e. The largest absolute Gasteiger partial charge is 0.481 e. The number of benzene rings is 1. The van der Waals surface area contributed by atoms with Gasteiger partial charge in [-0.15, -0.1) is 11.3 Å². The summed E-state index contributed by atoms with van der Waals surface area (Å²) in [6.07, 6.45) is 1.49. The monoisotopic (exact) mass is 421 g/mol. The summed E-state index contributed by atoms with van der Waals surface area (Å²) in [7, 11) is 0. The van der Waals surface area contributed by atoms with Crippen molar-refractivity contribution in [2.75, 3.05) is 18.0 Å². The molecule has 2 aromatic heterocycles. The van der Waals surface area contributed by atoms with Crippen LogP contribution in [0, 0.1) is 12.8 Å². The van der Waals surface area contributed by atoms with Crippen molar-refractivity contribution in [3.63, 3.8) is 0 Å². The Morgan fingerprint density at radius 1 is 1.26 bits per heavy atom. The molecule has 0 spiro atoms. The summed E-state index contributed by atoms with van der Waals surface area (Å²) >= 11 is 13.8. The summed E-state index contributed by atoms with van der Waals surface area (Å²) in [4.78, 5) is 24.4. The van der Waals surface area contributed by atoms with Crippen LogP contribution >= 0.6 is 34.5 Å². The van der Waals surface area contributed by atoms with Crippen LogP contribution in [-0.4, -0.2) is 34.1 Å². The van der Waals surface area contributed by atoms with Gasteiger partial charge in [-0.1, -0.05) is 23.7 Å². The summed E-state index contributed by atoms with van der Waals surface area (Å²) in [5, 5.41) is 11.2. The van der Waals surface area contributed by atoms with Gasteiger partial charge in [0, 0.05) is 28.6 Å². The van der Waals surface area contributed by atoms with Crippen LogP contribution in [0.1, 0.15) is 17.7 Å². The van der Waals surface area contributed by atoms with Crippen LogP contribution in [0.5, 0.6) is 0 Å². The summed E-state index contributed by atoms with van der Waals surface area (Å²) < 4.78 is 0. The maximum atomic E-state index is 11.5. The average molecular weight is 422 g/mol. The van der Waals surface area contributed by atoms with Gasteiger partial charge in [-0.25, -0.2) is 4.98 Å². The molecule has 1 N–H and O–H groups in total. The molecule has 0 amide bonds. The number of piperidine rings is 1. The highest BCUT2D eigenvalue weighted by atomic mass is 35.5. The highest BCUT2D eigenvalue weighted by molar-refractivity contribution is 7.19. The summed E-state index contributed by atoms with van der Waals surface area (Å²) in [6.45, 7) is 3.22. The number of halogens is 2. The average Bonchev–Trinajstić information content (AvgIpc) is 2.97. The Morgan fingerprint density at radius 3 is 2.70 bits per heavy atom. The van der Waals surface area contributed by atoms with Gasteiger partial charge in [-0.05, 0) is 49.1 Å². The molecule has 1 aromatic carbocycles. The van der Waals surface area contributed by atoms with Gasteiger partial charge in [0.2, 0.25) is 5.28 Å². The minimum absolute atomic E-state index is 0.179. The molecule has 1 unspecified atom stereocenters. The van der Waals surface area contributed by atoms with Gasteiger partial charge in [0.05, 0.1) is 11.3 Å². The maximum Gasteiger partial charge on any atom is 0.308 e. The lowest BCUT2D eigenvalue weighted by Gasteiger charge is -2.32. The second-order valence-corrected chi connectivity index (χ2v) is 8.64. The third-order valence-corrected chi connectivity index (χ3v) is 6.30. The Hall–Kier alpha value is -1.89. The van der Waals surface area contributed by atoms with Crippen LogP contribution in [0.2, 0.25) is 10.3 Å². The molecule has 0 aliphatic carbocycles. The van der Waals surface area contributed by atoms with Crippen LogP contribution in [0.4, 0.5) is 5.82 Å². The lowest BCUT2D eigenvalue weighted by atomic mass is 9.97. The number of rotatable bonds is 3. The molecule has 0 saturated carbocycles. The highest BCUT2D eigenvalue weighted by Crippen LogP contribution is 2.43. The van der Waals surface area contributed by atoms with Crippen molar-refractivity contribution < 1.29 is 9.90 Å². The number of aromatic nitrogens is 2. The first kappa shape index (κ1) is 18.5. The lowest BCUT2D eigenvalue weighted by Crippen LogP contribution is -2.39. The molecule has 8 heteroatoms. The zero-order valence-corrected chi connectivity index (χ0v) is 16.9. The summed E-state index contributed by atoms with van der Waals surface area (Å²) in [5.41, 5.74) is 2.08. The highest BCUT2D eigenvalue weighted by Gasteiger charge is 2.29. The van der Waals surface area contributed by atoms with Gasteiger partial charge in [-0.2, -0.15) is 4.98 Å². The number of fused-ring (bicyclic) bond motifs is 1.